The van der Waals surface area contributed by atoms with Gasteiger partial charge in [-0.1, -0.05) is 26.7 Å². The summed E-state index contributed by atoms with van der Waals surface area (Å²) in [5.41, 5.74) is 0.431. The molecule has 1 saturated carbocycles. The molecule has 1 saturated heterocycles. The maximum atomic E-state index is 5.27. The van der Waals surface area contributed by atoms with E-state index in [1.807, 2.05) is 0 Å². The first-order valence-corrected chi connectivity index (χ1v) is 6.05. The molecule has 0 aromatic carbocycles. The van der Waals surface area contributed by atoms with E-state index in [2.05, 4.69) is 19.2 Å². The Balaban J connectivity index is 1.74. The standard InChI is InChI=1S/C12H23NO/c1-3-10-5-4-6-11(10)13-7-12(2)8-14-9-12/h10-11,13H,3-9H2,1-2H3. The van der Waals surface area contributed by atoms with Crippen LogP contribution in [0, 0.1) is 11.3 Å². The Morgan fingerprint density at radius 2 is 2.14 bits per heavy atom. The average Bonchev–Trinajstić information content (AvgIpc) is 2.58. The first-order valence-electron chi connectivity index (χ1n) is 6.05. The van der Waals surface area contributed by atoms with Gasteiger partial charge in [-0.3, -0.25) is 0 Å². The highest BCUT2D eigenvalue weighted by atomic mass is 16.5. The zero-order chi connectivity index (χ0) is 10.0. The van der Waals surface area contributed by atoms with Gasteiger partial charge in [-0.15, -0.1) is 0 Å². The Labute approximate surface area is 87.4 Å². The van der Waals surface area contributed by atoms with Crippen LogP contribution in [0.15, 0.2) is 0 Å². The van der Waals surface area contributed by atoms with E-state index < -0.39 is 0 Å². The van der Waals surface area contributed by atoms with Crippen molar-refractivity contribution >= 4 is 0 Å². The minimum absolute atomic E-state index is 0.431. The molecule has 2 nitrogen and oxygen atoms in total. The highest BCUT2D eigenvalue weighted by Crippen LogP contribution is 2.30. The van der Waals surface area contributed by atoms with Crippen molar-refractivity contribution in [2.75, 3.05) is 19.8 Å². The van der Waals surface area contributed by atoms with Gasteiger partial charge in [0.05, 0.1) is 13.2 Å². The summed E-state index contributed by atoms with van der Waals surface area (Å²) in [4.78, 5) is 0. The van der Waals surface area contributed by atoms with Crippen molar-refractivity contribution in [3.8, 4) is 0 Å². The van der Waals surface area contributed by atoms with Crippen LogP contribution in [0.3, 0.4) is 0 Å². The predicted octanol–water partition coefficient (Wildman–Crippen LogP) is 2.19. The highest BCUT2D eigenvalue weighted by Gasteiger charge is 2.35. The van der Waals surface area contributed by atoms with Crippen LogP contribution in [0.4, 0.5) is 0 Å². The zero-order valence-electron chi connectivity index (χ0n) is 9.51. The third kappa shape index (κ3) is 2.12. The molecule has 0 aromatic rings. The lowest BCUT2D eigenvalue weighted by atomic mass is 9.88. The SMILES string of the molecule is CCC1CCCC1NCC1(C)COC1. The molecule has 1 heterocycles. The molecule has 0 aromatic heterocycles. The largest absolute Gasteiger partial charge is 0.380 e. The maximum Gasteiger partial charge on any atom is 0.0554 e. The van der Waals surface area contributed by atoms with Crippen LogP contribution < -0.4 is 5.32 Å². The third-order valence-corrected chi connectivity index (χ3v) is 3.88. The number of hydrogen-bond donors (Lipinski definition) is 1. The second kappa shape index (κ2) is 4.19. The minimum Gasteiger partial charge on any atom is -0.380 e. The van der Waals surface area contributed by atoms with Gasteiger partial charge in [-0.25, -0.2) is 0 Å². The molecule has 2 unspecified atom stereocenters. The number of nitrogens with one attached hydrogen (secondary N) is 1. The summed E-state index contributed by atoms with van der Waals surface area (Å²) in [6.07, 6.45) is 5.57. The Morgan fingerprint density at radius 1 is 1.36 bits per heavy atom. The zero-order valence-corrected chi connectivity index (χ0v) is 9.51. The molecular weight excluding hydrogens is 174 g/mol. The predicted molar refractivity (Wildman–Crippen MR) is 58.3 cm³/mol. The van der Waals surface area contributed by atoms with E-state index in [4.69, 9.17) is 4.74 Å². The molecule has 1 aliphatic heterocycles. The summed E-state index contributed by atoms with van der Waals surface area (Å²) in [6.45, 7) is 7.68. The molecule has 82 valence electrons. The fraction of sp³-hybridized carbons (Fsp3) is 1.00. The van der Waals surface area contributed by atoms with Gasteiger partial charge in [0.15, 0.2) is 0 Å². The van der Waals surface area contributed by atoms with Crippen LogP contribution in [0.5, 0.6) is 0 Å². The van der Waals surface area contributed by atoms with Gasteiger partial charge in [0.2, 0.25) is 0 Å². The molecule has 0 amide bonds. The van der Waals surface area contributed by atoms with Gasteiger partial charge in [0.25, 0.3) is 0 Å². The first-order chi connectivity index (χ1) is 6.73. The summed E-state index contributed by atoms with van der Waals surface area (Å²) in [6, 6.07) is 0.789. The van der Waals surface area contributed by atoms with E-state index >= 15 is 0 Å². The number of hydrogen-bond acceptors (Lipinski definition) is 2. The Hall–Kier alpha value is -0.0800. The molecule has 2 heteroatoms. The van der Waals surface area contributed by atoms with Gasteiger partial charge in [-0.05, 0) is 18.8 Å². The second-order valence-corrected chi connectivity index (χ2v) is 5.39. The monoisotopic (exact) mass is 197 g/mol. The number of ether oxygens (including phenoxy) is 1. The van der Waals surface area contributed by atoms with Crippen LogP contribution >= 0.6 is 0 Å². The molecule has 14 heavy (non-hydrogen) atoms. The van der Waals surface area contributed by atoms with Gasteiger partial charge in [0.1, 0.15) is 0 Å². The molecule has 2 rings (SSSR count). The van der Waals surface area contributed by atoms with Crippen molar-refractivity contribution < 1.29 is 4.74 Å². The second-order valence-electron chi connectivity index (χ2n) is 5.39. The van der Waals surface area contributed by atoms with E-state index in [0.29, 0.717) is 5.41 Å². The summed E-state index contributed by atoms with van der Waals surface area (Å²) >= 11 is 0. The molecule has 2 atom stereocenters. The van der Waals surface area contributed by atoms with E-state index in [1.54, 1.807) is 0 Å². The van der Waals surface area contributed by atoms with Gasteiger partial charge in [0, 0.05) is 18.0 Å². The molecule has 2 aliphatic rings. The molecule has 0 bridgehead atoms. The molecule has 1 aliphatic carbocycles. The molecule has 0 radical (unpaired) electrons. The Kier molecular flexibility index (Phi) is 3.13. The smallest absolute Gasteiger partial charge is 0.0554 e. The molecule has 0 spiro atoms. The lowest BCUT2D eigenvalue weighted by Crippen LogP contribution is -2.50. The maximum absolute atomic E-state index is 5.27. The van der Waals surface area contributed by atoms with Crippen molar-refractivity contribution in [1.82, 2.24) is 5.32 Å². The van der Waals surface area contributed by atoms with Crippen molar-refractivity contribution in [1.29, 1.82) is 0 Å². The van der Waals surface area contributed by atoms with Crippen LogP contribution in [-0.4, -0.2) is 25.8 Å². The Bertz CT molecular complexity index is 189. The molecular formula is C12H23NO. The highest BCUT2D eigenvalue weighted by molar-refractivity contribution is 4.88. The summed E-state index contributed by atoms with van der Waals surface area (Å²) in [5.74, 6) is 0.930. The summed E-state index contributed by atoms with van der Waals surface area (Å²) < 4.78 is 5.27. The van der Waals surface area contributed by atoms with Crippen molar-refractivity contribution in [3.63, 3.8) is 0 Å². The van der Waals surface area contributed by atoms with E-state index in [-0.39, 0.29) is 0 Å². The summed E-state index contributed by atoms with van der Waals surface area (Å²) in [7, 11) is 0. The molecule has 2 fully saturated rings. The average molecular weight is 197 g/mol. The van der Waals surface area contributed by atoms with Gasteiger partial charge < -0.3 is 10.1 Å². The van der Waals surface area contributed by atoms with Gasteiger partial charge in [-0.2, -0.15) is 0 Å². The van der Waals surface area contributed by atoms with Crippen LogP contribution in [0.1, 0.15) is 39.5 Å². The fourth-order valence-corrected chi connectivity index (χ4v) is 2.72. The fourth-order valence-electron chi connectivity index (χ4n) is 2.72. The first kappa shape index (κ1) is 10.4. The van der Waals surface area contributed by atoms with E-state index in [0.717, 1.165) is 31.7 Å². The third-order valence-electron chi connectivity index (χ3n) is 3.88. The van der Waals surface area contributed by atoms with E-state index in [1.165, 1.54) is 25.7 Å². The quantitative estimate of drug-likeness (QED) is 0.746. The van der Waals surface area contributed by atoms with Gasteiger partial charge >= 0.3 is 0 Å². The van der Waals surface area contributed by atoms with Crippen molar-refractivity contribution in [2.24, 2.45) is 11.3 Å². The lowest BCUT2D eigenvalue weighted by Gasteiger charge is -2.39. The normalized spacial score (nSPS) is 35.6. The van der Waals surface area contributed by atoms with E-state index in [9.17, 15) is 0 Å². The number of rotatable bonds is 4. The van der Waals surface area contributed by atoms with Crippen molar-refractivity contribution in [2.45, 2.75) is 45.6 Å². The van der Waals surface area contributed by atoms with Crippen LogP contribution in [0.2, 0.25) is 0 Å². The lowest BCUT2D eigenvalue weighted by molar-refractivity contribution is -0.100. The van der Waals surface area contributed by atoms with Crippen LogP contribution in [0.25, 0.3) is 0 Å². The Morgan fingerprint density at radius 3 is 2.71 bits per heavy atom. The minimum atomic E-state index is 0.431. The topological polar surface area (TPSA) is 21.3 Å². The van der Waals surface area contributed by atoms with Crippen molar-refractivity contribution in [3.05, 3.63) is 0 Å². The van der Waals surface area contributed by atoms with Crippen LogP contribution in [-0.2, 0) is 4.74 Å². The summed E-state index contributed by atoms with van der Waals surface area (Å²) in [5, 5.41) is 3.75. The molecule has 1 N–H and O–H groups in total.